The third-order valence-electron chi connectivity index (χ3n) is 4.96. The molecular weight excluding hydrogens is 332 g/mol. The fourth-order valence-electron chi connectivity index (χ4n) is 3.38. The second kappa shape index (κ2) is 7.33. The smallest absolute Gasteiger partial charge is 0.487 e. The predicted octanol–water partition coefficient (Wildman–Crippen LogP) is 3.16. The van der Waals surface area contributed by atoms with Gasteiger partial charge in [-0.15, -0.1) is 0 Å². The van der Waals surface area contributed by atoms with E-state index < -0.39 is 11.8 Å². The topological polar surface area (TPSA) is 60.9 Å². The second-order valence-electron chi connectivity index (χ2n) is 6.85. The van der Waals surface area contributed by atoms with E-state index in [1.165, 1.54) is 5.56 Å². The Hall–Kier alpha value is -2.60. The first-order valence-electron chi connectivity index (χ1n) is 8.91. The summed E-state index contributed by atoms with van der Waals surface area (Å²) in [6.07, 6.45) is 2.89. The first-order chi connectivity index (χ1) is 12.7. The first kappa shape index (κ1) is 16.8. The molecule has 1 aromatic heterocycles. The van der Waals surface area contributed by atoms with Crippen LogP contribution >= 0.6 is 0 Å². The third kappa shape index (κ3) is 3.96. The monoisotopic (exact) mass is 354 g/mol. The maximum Gasteiger partial charge on any atom is 0.509 e. The average Bonchev–Trinajstić information content (AvgIpc) is 3.04. The summed E-state index contributed by atoms with van der Waals surface area (Å²) in [4.78, 5) is 17.8. The second-order valence-corrected chi connectivity index (χ2v) is 6.85. The molecule has 26 heavy (non-hydrogen) atoms. The van der Waals surface area contributed by atoms with Gasteiger partial charge in [-0.1, -0.05) is 18.2 Å². The summed E-state index contributed by atoms with van der Waals surface area (Å²) < 4.78 is 16.1. The van der Waals surface area contributed by atoms with Gasteiger partial charge in [0.05, 0.1) is 5.69 Å². The number of carbonyl (C=O) groups is 1. The molecular formula is C20H22N2O4. The number of cyclic esters (lactones) is 1. The minimum absolute atomic E-state index is 0.391. The molecule has 0 bridgehead atoms. The zero-order valence-electron chi connectivity index (χ0n) is 14.6. The molecule has 0 amide bonds. The van der Waals surface area contributed by atoms with Crippen LogP contribution in [0.2, 0.25) is 0 Å². The molecule has 2 aliphatic heterocycles. The van der Waals surface area contributed by atoms with E-state index in [9.17, 15) is 4.79 Å². The predicted molar refractivity (Wildman–Crippen MR) is 94.7 cm³/mol. The van der Waals surface area contributed by atoms with Crippen LogP contribution in [-0.4, -0.2) is 41.3 Å². The molecule has 1 aromatic carbocycles. The quantitative estimate of drug-likeness (QED) is 0.769. The van der Waals surface area contributed by atoms with Gasteiger partial charge in [-0.05, 0) is 29.8 Å². The fourth-order valence-corrected chi connectivity index (χ4v) is 3.38. The lowest BCUT2D eigenvalue weighted by Crippen LogP contribution is -2.45. The zero-order valence-corrected chi connectivity index (χ0v) is 14.6. The summed E-state index contributed by atoms with van der Waals surface area (Å²) in [6, 6.07) is 14.0. The van der Waals surface area contributed by atoms with Crippen LogP contribution in [0.5, 0.6) is 5.75 Å². The van der Waals surface area contributed by atoms with Gasteiger partial charge in [0.2, 0.25) is 0 Å². The van der Waals surface area contributed by atoms with Crippen molar-refractivity contribution in [2.24, 2.45) is 0 Å². The van der Waals surface area contributed by atoms with Crippen LogP contribution < -0.4 is 4.74 Å². The number of nitrogens with zero attached hydrogens (tertiary/aromatic N) is 2. The summed E-state index contributed by atoms with van der Waals surface area (Å²) in [5.41, 5.74) is 1.76. The number of hydrogen-bond acceptors (Lipinski definition) is 6. The van der Waals surface area contributed by atoms with Crippen LogP contribution in [0.15, 0.2) is 48.7 Å². The van der Waals surface area contributed by atoms with Crippen LogP contribution in [0.1, 0.15) is 24.1 Å². The van der Waals surface area contributed by atoms with Crippen molar-refractivity contribution in [3.8, 4) is 5.75 Å². The molecule has 0 radical (unpaired) electrons. The highest BCUT2D eigenvalue weighted by molar-refractivity contribution is 5.62. The molecule has 0 saturated carbocycles. The molecule has 2 saturated heterocycles. The van der Waals surface area contributed by atoms with Gasteiger partial charge in [0.1, 0.15) is 19.0 Å². The Morgan fingerprint density at radius 3 is 2.58 bits per heavy atom. The van der Waals surface area contributed by atoms with Crippen molar-refractivity contribution in [2.45, 2.75) is 31.6 Å². The van der Waals surface area contributed by atoms with Crippen LogP contribution in [-0.2, 0) is 22.6 Å². The molecule has 2 aromatic rings. The highest BCUT2D eigenvalue weighted by atomic mass is 16.8. The molecule has 2 aliphatic rings. The minimum atomic E-state index is -0.528. The Morgan fingerprint density at radius 1 is 1.12 bits per heavy atom. The summed E-state index contributed by atoms with van der Waals surface area (Å²) in [6.45, 7) is 3.53. The van der Waals surface area contributed by atoms with Crippen LogP contribution in [0.4, 0.5) is 4.79 Å². The lowest BCUT2D eigenvalue weighted by Gasteiger charge is -2.36. The lowest BCUT2D eigenvalue weighted by atomic mass is 9.92. The highest BCUT2D eigenvalue weighted by Gasteiger charge is 2.44. The van der Waals surface area contributed by atoms with Gasteiger partial charge in [0.15, 0.2) is 5.60 Å². The van der Waals surface area contributed by atoms with Gasteiger partial charge < -0.3 is 14.2 Å². The number of pyridine rings is 1. The lowest BCUT2D eigenvalue weighted by molar-refractivity contribution is -0.00163. The van der Waals surface area contributed by atoms with Gasteiger partial charge >= 0.3 is 6.16 Å². The Morgan fingerprint density at radius 2 is 1.92 bits per heavy atom. The molecule has 2 fully saturated rings. The molecule has 136 valence electrons. The highest BCUT2D eigenvalue weighted by Crippen LogP contribution is 2.32. The van der Waals surface area contributed by atoms with E-state index in [1.54, 1.807) is 6.20 Å². The van der Waals surface area contributed by atoms with Crippen LogP contribution in [0.25, 0.3) is 0 Å². The minimum Gasteiger partial charge on any atom is -0.487 e. The van der Waals surface area contributed by atoms with Gasteiger partial charge in [-0.25, -0.2) is 4.79 Å². The number of piperidine rings is 1. The van der Waals surface area contributed by atoms with Gasteiger partial charge in [0, 0.05) is 38.7 Å². The number of ether oxygens (including phenoxy) is 3. The molecule has 1 spiro atoms. The molecule has 0 unspecified atom stereocenters. The van der Waals surface area contributed by atoms with Crippen molar-refractivity contribution in [2.75, 3.05) is 19.7 Å². The van der Waals surface area contributed by atoms with E-state index in [1.807, 2.05) is 30.3 Å². The van der Waals surface area contributed by atoms with E-state index in [0.29, 0.717) is 13.2 Å². The summed E-state index contributed by atoms with van der Waals surface area (Å²) >= 11 is 0. The Kier molecular flexibility index (Phi) is 4.75. The van der Waals surface area contributed by atoms with E-state index in [0.717, 1.165) is 43.9 Å². The number of aromatic nitrogens is 1. The number of likely N-dealkylation sites (tertiary alicyclic amines) is 1. The molecule has 0 atom stereocenters. The SMILES string of the molecule is O=C1OCC2(CCN(Cc3ccc(OCc4ccccn4)cc3)CC2)O1. The van der Waals surface area contributed by atoms with Crippen molar-refractivity contribution in [1.29, 1.82) is 0 Å². The normalized spacial score (nSPS) is 19.2. The maximum absolute atomic E-state index is 11.2. The molecule has 4 rings (SSSR count). The maximum atomic E-state index is 11.2. The fraction of sp³-hybridized carbons (Fsp3) is 0.400. The van der Waals surface area contributed by atoms with E-state index >= 15 is 0 Å². The number of rotatable bonds is 5. The van der Waals surface area contributed by atoms with Crippen molar-refractivity contribution >= 4 is 6.16 Å². The molecule has 3 heterocycles. The Bertz CT molecular complexity index is 740. The first-order valence-corrected chi connectivity index (χ1v) is 8.91. The third-order valence-corrected chi connectivity index (χ3v) is 4.96. The molecule has 0 N–H and O–H groups in total. The van der Waals surface area contributed by atoms with Gasteiger partial charge in [0.25, 0.3) is 0 Å². The molecule has 6 heteroatoms. The van der Waals surface area contributed by atoms with Crippen LogP contribution in [0.3, 0.4) is 0 Å². The van der Waals surface area contributed by atoms with E-state index in [-0.39, 0.29) is 0 Å². The van der Waals surface area contributed by atoms with Crippen LogP contribution in [0, 0.1) is 0 Å². The molecule has 0 aliphatic carbocycles. The Balaban J connectivity index is 1.26. The van der Waals surface area contributed by atoms with Crippen molar-refractivity contribution < 1.29 is 19.0 Å². The number of hydrogen-bond donors (Lipinski definition) is 0. The van der Waals surface area contributed by atoms with E-state index in [4.69, 9.17) is 14.2 Å². The Labute approximate surface area is 152 Å². The van der Waals surface area contributed by atoms with Crippen molar-refractivity contribution in [3.63, 3.8) is 0 Å². The zero-order chi connectivity index (χ0) is 17.8. The average molecular weight is 354 g/mol. The van der Waals surface area contributed by atoms with E-state index in [2.05, 4.69) is 22.0 Å². The van der Waals surface area contributed by atoms with Crippen molar-refractivity contribution in [3.05, 3.63) is 59.9 Å². The summed E-state index contributed by atoms with van der Waals surface area (Å²) in [7, 11) is 0. The summed E-state index contributed by atoms with van der Waals surface area (Å²) in [5, 5.41) is 0. The summed E-state index contributed by atoms with van der Waals surface area (Å²) in [5.74, 6) is 0.840. The number of carbonyl (C=O) groups excluding carboxylic acids is 1. The van der Waals surface area contributed by atoms with Crippen molar-refractivity contribution in [1.82, 2.24) is 9.88 Å². The standard InChI is InChI=1S/C20H22N2O4/c23-19-25-15-20(26-19)8-11-22(12-9-20)13-16-4-6-18(7-5-16)24-14-17-3-1-2-10-21-17/h1-7,10H,8-9,11-15H2. The van der Waals surface area contributed by atoms with Gasteiger partial charge in [-0.2, -0.15) is 0 Å². The molecule has 6 nitrogen and oxygen atoms in total. The number of benzene rings is 1. The largest absolute Gasteiger partial charge is 0.509 e. The van der Waals surface area contributed by atoms with Gasteiger partial charge in [-0.3, -0.25) is 9.88 Å².